The lowest BCUT2D eigenvalue weighted by atomic mass is 10.0. The van der Waals surface area contributed by atoms with E-state index in [1.807, 2.05) is 60.7 Å². The van der Waals surface area contributed by atoms with Crippen molar-refractivity contribution >= 4 is 16.1 Å². The Morgan fingerprint density at radius 3 is 2.48 bits per heavy atom. The zero-order chi connectivity index (χ0) is 16.1. The molecule has 2 N–H and O–H groups in total. The number of rotatable bonds is 3. The van der Waals surface area contributed by atoms with Gasteiger partial charge in [-0.25, -0.2) is 13.6 Å². The van der Waals surface area contributed by atoms with Crippen molar-refractivity contribution in [2.45, 2.75) is 11.2 Å². The fraction of sp³-hybridized carbons (Fsp3) is 0.222. The van der Waals surface area contributed by atoms with Crippen LogP contribution in [-0.2, 0) is 14.8 Å². The van der Waals surface area contributed by atoms with Crippen LogP contribution in [0.15, 0.2) is 60.2 Å². The van der Waals surface area contributed by atoms with E-state index in [1.165, 1.54) is 0 Å². The predicted molar refractivity (Wildman–Crippen MR) is 89.2 cm³/mol. The minimum absolute atomic E-state index is 0.131. The van der Waals surface area contributed by atoms with Crippen molar-refractivity contribution in [2.75, 3.05) is 6.61 Å². The van der Waals surface area contributed by atoms with Gasteiger partial charge in [-0.3, -0.25) is 0 Å². The van der Waals surface area contributed by atoms with Crippen LogP contribution in [0.4, 0.5) is 0 Å². The van der Waals surface area contributed by atoms with Gasteiger partial charge in [0.1, 0.15) is 17.1 Å². The van der Waals surface area contributed by atoms with Crippen molar-refractivity contribution < 1.29 is 13.2 Å². The van der Waals surface area contributed by atoms with Gasteiger partial charge in [-0.05, 0) is 29.7 Å². The van der Waals surface area contributed by atoms with Gasteiger partial charge in [0, 0.05) is 11.5 Å². The molecule has 2 aliphatic rings. The highest BCUT2D eigenvalue weighted by atomic mass is 32.2. The molecule has 2 atom stereocenters. The van der Waals surface area contributed by atoms with Crippen LogP contribution in [0.1, 0.15) is 17.5 Å². The summed E-state index contributed by atoms with van der Waals surface area (Å²) in [6.45, 7) is 0.409. The molecule has 0 spiro atoms. The largest absolute Gasteiger partial charge is 0.489 e. The molecule has 118 valence electrons. The molecule has 2 aromatic carbocycles. The lowest BCUT2D eigenvalue weighted by Crippen LogP contribution is -2.31. The second-order valence-corrected chi connectivity index (χ2v) is 7.92. The molecule has 4 rings (SSSR count). The third-order valence-electron chi connectivity index (χ3n) is 4.78. The van der Waals surface area contributed by atoms with Gasteiger partial charge in [-0.1, -0.05) is 48.5 Å². The Balaban J connectivity index is 1.76. The molecular formula is C18H17NO3S. The molecule has 0 saturated heterocycles. The molecule has 2 aromatic rings. The van der Waals surface area contributed by atoms with Crippen LogP contribution in [0.3, 0.4) is 0 Å². The Morgan fingerprint density at radius 1 is 1.04 bits per heavy atom. The van der Waals surface area contributed by atoms with Crippen LogP contribution < -0.4 is 9.88 Å². The fourth-order valence-corrected chi connectivity index (χ4v) is 4.94. The van der Waals surface area contributed by atoms with Crippen molar-refractivity contribution in [1.82, 2.24) is 0 Å². The monoisotopic (exact) mass is 327 g/mol. The summed E-state index contributed by atoms with van der Waals surface area (Å²) in [4.78, 5) is 0. The number of ether oxygens (including phenoxy) is 1. The van der Waals surface area contributed by atoms with E-state index >= 15 is 0 Å². The summed E-state index contributed by atoms with van der Waals surface area (Å²) >= 11 is 0. The molecule has 23 heavy (non-hydrogen) atoms. The molecule has 4 nitrogen and oxygen atoms in total. The summed E-state index contributed by atoms with van der Waals surface area (Å²) in [7, 11) is -3.72. The second-order valence-electron chi connectivity index (χ2n) is 6.10. The standard InChI is InChI=1S/C18H17NO3S/c19-23(20,21)18(15-7-2-1-3-8-15)11-16(18)14-10-13-6-4-5-9-17(13)22-12-14/h1-10,16H,11-12H2,(H2,19,20,21). The number of para-hydroxylation sites is 1. The number of hydrogen-bond donors (Lipinski definition) is 1. The van der Waals surface area contributed by atoms with Gasteiger partial charge in [-0.15, -0.1) is 0 Å². The number of hydrogen-bond acceptors (Lipinski definition) is 3. The van der Waals surface area contributed by atoms with E-state index in [4.69, 9.17) is 9.88 Å². The van der Waals surface area contributed by atoms with Gasteiger partial charge in [0.25, 0.3) is 0 Å². The first-order valence-electron chi connectivity index (χ1n) is 7.52. The van der Waals surface area contributed by atoms with Crippen LogP contribution in [-0.4, -0.2) is 15.0 Å². The van der Waals surface area contributed by atoms with Crippen LogP contribution in [0.2, 0.25) is 0 Å². The van der Waals surface area contributed by atoms with Crippen molar-refractivity contribution in [2.24, 2.45) is 11.1 Å². The van der Waals surface area contributed by atoms with Crippen LogP contribution in [0, 0.1) is 5.92 Å². The summed E-state index contributed by atoms with van der Waals surface area (Å²) in [5.41, 5.74) is 2.73. The van der Waals surface area contributed by atoms with Crippen LogP contribution in [0.5, 0.6) is 5.75 Å². The van der Waals surface area contributed by atoms with Crippen LogP contribution in [0.25, 0.3) is 6.08 Å². The lowest BCUT2D eigenvalue weighted by Gasteiger charge is -2.21. The Hall–Kier alpha value is -2.11. The highest BCUT2D eigenvalue weighted by Crippen LogP contribution is 2.61. The van der Waals surface area contributed by atoms with Crippen molar-refractivity contribution in [1.29, 1.82) is 0 Å². The molecule has 1 saturated carbocycles. The third kappa shape index (κ3) is 2.19. The molecule has 5 heteroatoms. The molecule has 0 amide bonds. The van der Waals surface area contributed by atoms with Crippen molar-refractivity contribution in [3.05, 3.63) is 71.3 Å². The average Bonchev–Trinajstić information content (AvgIpc) is 3.32. The molecule has 0 bridgehead atoms. The smallest absolute Gasteiger partial charge is 0.219 e. The van der Waals surface area contributed by atoms with E-state index in [0.29, 0.717) is 13.0 Å². The van der Waals surface area contributed by atoms with E-state index in [-0.39, 0.29) is 5.92 Å². The molecule has 1 aliphatic heterocycles. The normalized spacial score (nSPS) is 26.0. The first-order valence-corrected chi connectivity index (χ1v) is 9.07. The maximum Gasteiger partial charge on any atom is 0.219 e. The quantitative estimate of drug-likeness (QED) is 0.942. The Morgan fingerprint density at radius 2 is 1.74 bits per heavy atom. The maximum absolute atomic E-state index is 12.3. The first-order chi connectivity index (χ1) is 11.0. The summed E-state index contributed by atoms with van der Waals surface area (Å²) < 4.78 is 29.4. The molecule has 1 fully saturated rings. The fourth-order valence-electron chi connectivity index (χ4n) is 3.53. The highest BCUT2D eigenvalue weighted by Gasteiger charge is 2.65. The molecule has 0 radical (unpaired) electrons. The Kier molecular flexibility index (Phi) is 3.11. The SMILES string of the molecule is NS(=O)(=O)C1(c2ccccc2)CC1C1=Cc2ccccc2OC1. The summed E-state index contributed by atoms with van der Waals surface area (Å²) in [5, 5.41) is 5.60. The predicted octanol–water partition coefficient (Wildman–Crippen LogP) is 2.67. The van der Waals surface area contributed by atoms with E-state index < -0.39 is 14.8 Å². The van der Waals surface area contributed by atoms with Crippen molar-refractivity contribution in [3.63, 3.8) is 0 Å². The van der Waals surface area contributed by atoms with E-state index in [1.54, 1.807) is 0 Å². The number of benzene rings is 2. The number of sulfonamides is 1. The van der Waals surface area contributed by atoms with E-state index in [0.717, 1.165) is 22.4 Å². The average molecular weight is 327 g/mol. The molecular weight excluding hydrogens is 310 g/mol. The van der Waals surface area contributed by atoms with E-state index in [9.17, 15) is 8.42 Å². The topological polar surface area (TPSA) is 69.4 Å². The lowest BCUT2D eigenvalue weighted by molar-refractivity contribution is 0.339. The highest BCUT2D eigenvalue weighted by molar-refractivity contribution is 7.90. The van der Waals surface area contributed by atoms with Crippen molar-refractivity contribution in [3.8, 4) is 5.75 Å². The third-order valence-corrected chi connectivity index (χ3v) is 6.48. The minimum Gasteiger partial charge on any atom is -0.489 e. The summed E-state index contributed by atoms with van der Waals surface area (Å²) in [5.74, 6) is 0.700. The second kappa shape index (κ2) is 4.94. The van der Waals surface area contributed by atoms with E-state index in [2.05, 4.69) is 0 Å². The van der Waals surface area contributed by atoms with Gasteiger partial charge in [0.2, 0.25) is 10.0 Å². The zero-order valence-electron chi connectivity index (χ0n) is 12.5. The Bertz CT molecular complexity index is 889. The molecule has 0 aromatic heterocycles. The molecule has 1 aliphatic carbocycles. The number of primary sulfonamides is 1. The number of fused-ring (bicyclic) bond motifs is 1. The zero-order valence-corrected chi connectivity index (χ0v) is 13.3. The maximum atomic E-state index is 12.3. The van der Waals surface area contributed by atoms with Gasteiger partial charge < -0.3 is 4.74 Å². The van der Waals surface area contributed by atoms with Gasteiger partial charge >= 0.3 is 0 Å². The molecule has 2 unspecified atom stereocenters. The van der Waals surface area contributed by atoms with Gasteiger partial charge in [0.15, 0.2) is 0 Å². The minimum atomic E-state index is -3.72. The molecule has 1 heterocycles. The summed E-state index contributed by atoms with van der Waals surface area (Å²) in [6, 6.07) is 17.0. The Labute approximate surface area is 135 Å². The first kappa shape index (κ1) is 14.5. The van der Waals surface area contributed by atoms with Crippen LogP contribution >= 0.6 is 0 Å². The summed E-state index contributed by atoms with van der Waals surface area (Å²) in [6.07, 6.45) is 2.55. The van der Waals surface area contributed by atoms with Gasteiger partial charge in [0.05, 0.1) is 0 Å². The number of nitrogens with two attached hydrogens (primary N) is 1. The van der Waals surface area contributed by atoms with Gasteiger partial charge in [-0.2, -0.15) is 0 Å².